The van der Waals surface area contributed by atoms with Gasteiger partial charge in [0, 0.05) is 21.7 Å². The number of anilines is 2. The number of carbonyl (C=O) groups excluding carboxylic acids is 1. The van der Waals surface area contributed by atoms with Crippen LogP contribution in [0.3, 0.4) is 0 Å². The second kappa shape index (κ2) is 10.8. The predicted molar refractivity (Wildman–Crippen MR) is 164 cm³/mol. The van der Waals surface area contributed by atoms with Crippen LogP contribution in [0, 0.1) is 0 Å². The first-order valence-corrected chi connectivity index (χ1v) is 14.4. The minimum Gasteiger partial charge on any atom is -0.461 e. The molecule has 0 bridgehead atoms. The highest BCUT2D eigenvalue weighted by atomic mass is 35.5. The number of para-hydroxylation sites is 1. The molecule has 2 heterocycles. The summed E-state index contributed by atoms with van der Waals surface area (Å²) in [7, 11) is 0. The van der Waals surface area contributed by atoms with Crippen molar-refractivity contribution < 1.29 is 9.53 Å². The third kappa shape index (κ3) is 4.45. The van der Waals surface area contributed by atoms with E-state index in [9.17, 15) is 4.79 Å². The largest absolute Gasteiger partial charge is 0.461 e. The highest BCUT2D eigenvalue weighted by Gasteiger charge is 2.56. The molecule has 8 heteroatoms. The monoisotopic (exact) mass is 566 g/mol. The highest BCUT2D eigenvalue weighted by Crippen LogP contribution is 2.55. The molecular weight excluding hydrogens is 540 g/mol. The molecule has 200 valence electrons. The summed E-state index contributed by atoms with van der Waals surface area (Å²) in [4.78, 5) is 12.1. The number of thioether (sulfide) groups is 1. The van der Waals surface area contributed by atoms with E-state index in [4.69, 9.17) is 26.5 Å². The van der Waals surface area contributed by atoms with Gasteiger partial charge in [-0.2, -0.15) is 10.2 Å². The van der Waals surface area contributed by atoms with Crippen molar-refractivity contribution in [1.29, 1.82) is 0 Å². The first kappa shape index (κ1) is 26.2. The lowest BCUT2D eigenvalue weighted by Crippen LogP contribution is -2.54. The van der Waals surface area contributed by atoms with E-state index in [0.717, 1.165) is 40.2 Å². The summed E-state index contributed by atoms with van der Waals surface area (Å²) >= 11 is 7.78. The average molecular weight is 567 g/mol. The Bertz CT molecular complexity index is 1620. The number of carbonyl (C=O) groups is 1. The SMILES string of the molecule is CCOC(=O)C1=NN(c2cccc(Cl)c2)[C@@]2(S1)c1ccccc1C(c1ccc(CC)cc1)=NN2c1ccccc1. The Morgan fingerprint density at radius 2 is 1.55 bits per heavy atom. The molecule has 1 spiro atoms. The summed E-state index contributed by atoms with van der Waals surface area (Å²) in [6, 6.07) is 34.1. The number of fused-ring (bicyclic) bond motifs is 2. The van der Waals surface area contributed by atoms with Gasteiger partial charge in [0.2, 0.25) is 10.0 Å². The molecule has 0 fully saturated rings. The fourth-order valence-corrected chi connectivity index (χ4v) is 6.47. The van der Waals surface area contributed by atoms with Crippen molar-refractivity contribution in [2.75, 3.05) is 16.6 Å². The molecule has 6 nitrogen and oxygen atoms in total. The fourth-order valence-electron chi connectivity index (χ4n) is 5.00. The van der Waals surface area contributed by atoms with E-state index in [-0.39, 0.29) is 11.7 Å². The van der Waals surface area contributed by atoms with E-state index >= 15 is 0 Å². The number of aryl methyl sites for hydroxylation is 1. The molecule has 2 aliphatic rings. The van der Waals surface area contributed by atoms with Crippen molar-refractivity contribution >= 4 is 51.5 Å². The number of rotatable bonds is 6. The molecule has 0 unspecified atom stereocenters. The van der Waals surface area contributed by atoms with Gasteiger partial charge in [-0.3, -0.25) is 0 Å². The lowest BCUT2D eigenvalue weighted by molar-refractivity contribution is -0.134. The average Bonchev–Trinajstić information content (AvgIpc) is 3.39. The zero-order chi connectivity index (χ0) is 27.7. The van der Waals surface area contributed by atoms with Gasteiger partial charge in [-0.25, -0.2) is 14.8 Å². The summed E-state index contributed by atoms with van der Waals surface area (Å²) in [5, 5.41) is 14.8. The molecule has 4 aromatic carbocycles. The minimum absolute atomic E-state index is 0.239. The van der Waals surface area contributed by atoms with Gasteiger partial charge < -0.3 is 4.74 Å². The number of halogens is 1. The van der Waals surface area contributed by atoms with Gasteiger partial charge in [0.15, 0.2) is 0 Å². The van der Waals surface area contributed by atoms with E-state index in [1.807, 2.05) is 76.7 Å². The zero-order valence-corrected chi connectivity index (χ0v) is 23.7. The first-order chi connectivity index (χ1) is 19.5. The number of esters is 1. The van der Waals surface area contributed by atoms with Crippen molar-refractivity contribution in [2.45, 2.75) is 25.3 Å². The maximum atomic E-state index is 13.1. The Kier molecular flexibility index (Phi) is 7.09. The second-order valence-electron chi connectivity index (χ2n) is 9.32. The van der Waals surface area contributed by atoms with Crippen molar-refractivity contribution in [2.24, 2.45) is 10.2 Å². The number of hydrogen-bond acceptors (Lipinski definition) is 7. The molecule has 0 aliphatic carbocycles. The molecule has 4 aromatic rings. The fraction of sp³-hybridized carbons (Fsp3) is 0.156. The van der Waals surface area contributed by atoms with Crippen LogP contribution in [0.15, 0.2) is 113 Å². The quantitative estimate of drug-likeness (QED) is 0.227. The van der Waals surface area contributed by atoms with Crippen LogP contribution in [-0.4, -0.2) is 23.3 Å². The molecule has 1 atom stereocenters. The molecule has 0 saturated carbocycles. The van der Waals surface area contributed by atoms with E-state index in [2.05, 4.69) is 43.3 Å². The summed E-state index contributed by atoms with van der Waals surface area (Å²) in [6.07, 6.45) is 0.960. The van der Waals surface area contributed by atoms with Crippen LogP contribution >= 0.6 is 23.4 Å². The Morgan fingerprint density at radius 3 is 2.27 bits per heavy atom. The molecule has 6 rings (SSSR count). The number of hydrogen-bond donors (Lipinski definition) is 0. The maximum Gasteiger partial charge on any atom is 0.365 e. The molecule has 0 amide bonds. The van der Waals surface area contributed by atoms with E-state index in [1.165, 1.54) is 17.3 Å². The third-order valence-electron chi connectivity index (χ3n) is 6.88. The highest BCUT2D eigenvalue weighted by molar-refractivity contribution is 8.16. The number of benzene rings is 4. The van der Waals surface area contributed by atoms with Crippen LogP contribution in [-0.2, 0) is 20.9 Å². The lowest BCUT2D eigenvalue weighted by Gasteiger charge is -2.47. The molecule has 0 aromatic heterocycles. The third-order valence-corrected chi connectivity index (χ3v) is 8.40. The van der Waals surface area contributed by atoms with Crippen LogP contribution in [0.4, 0.5) is 11.4 Å². The van der Waals surface area contributed by atoms with Crippen LogP contribution < -0.4 is 10.0 Å². The summed E-state index contributed by atoms with van der Waals surface area (Å²) < 4.78 is 5.41. The van der Waals surface area contributed by atoms with Gasteiger partial charge >= 0.3 is 5.97 Å². The second-order valence-corrected chi connectivity index (χ2v) is 10.9. The van der Waals surface area contributed by atoms with Crippen LogP contribution in [0.1, 0.15) is 36.1 Å². The van der Waals surface area contributed by atoms with Gasteiger partial charge in [-0.15, -0.1) is 0 Å². The van der Waals surface area contributed by atoms with Crippen molar-refractivity contribution in [3.63, 3.8) is 0 Å². The van der Waals surface area contributed by atoms with Crippen LogP contribution in [0.25, 0.3) is 0 Å². The van der Waals surface area contributed by atoms with Gasteiger partial charge in [0.1, 0.15) is 0 Å². The number of ether oxygens (including phenoxy) is 1. The normalized spacial score (nSPS) is 17.9. The Labute approximate surface area is 242 Å². The van der Waals surface area contributed by atoms with E-state index < -0.39 is 11.0 Å². The Morgan fingerprint density at radius 1 is 0.850 bits per heavy atom. The summed E-state index contributed by atoms with van der Waals surface area (Å²) in [6.45, 7) is 4.18. The molecule has 0 saturated heterocycles. The number of hydrazone groups is 2. The maximum absolute atomic E-state index is 13.1. The first-order valence-electron chi connectivity index (χ1n) is 13.2. The van der Waals surface area contributed by atoms with Gasteiger partial charge in [0.05, 0.1) is 23.7 Å². The van der Waals surface area contributed by atoms with Crippen molar-refractivity contribution in [1.82, 2.24) is 0 Å². The molecule has 2 aliphatic heterocycles. The Hall–Kier alpha value is -4.07. The van der Waals surface area contributed by atoms with Gasteiger partial charge in [-0.1, -0.05) is 91.3 Å². The molecule has 0 radical (unpaired) electrons. The lowest BCUT2D eigenvalue weighted by atomic mass is 9.92. The topological polar surface area (TPSA) is 57.5 Å². The molecule has 0 N–H and O–H groups in total. The number of nitrogens with zero attached hydrogens (tertiary/aromatic N) is 4. The smallest absolute Gasteiger partial charge is 0.365 e. The van der Waals surface area contributed by atoms with E-state index in [0.29, 0.717) is 5.02 Å². The molecule has 40 heavy (non-hydrogen) atoms. The van der Waals surface area contributed by atoms with E-state index in [1.54, 1.807) is 6.92 Å². The standard InChI is InChI=1S/C32H27ClN4O2S/c1-3-22-17-19-23(20-18-22)29-27-15-8-9-16-28(27)32(36(34-29)25-12-6-5-7-13-25)37(26-14-10-11-24(33)21-26)35-30(40-32)31(38)39-4-2/h5-21H,3-4H2,1-2H3/t32-/m1/s1. The zero-order valence-electron chi connectivity index (χ0n) is 22.1. The van der Waals surface area contributed by atoms with Gasteiger partial charge in [0.25, 0.3) is 0 Å². The van der Waals surface area contributed by atoms with Crippen LogP contribution in [0.5, 0.6) is 0 Å². The van der Waals surface area contributed by atoms with Gasteiger partial charge in [-0.05, 0) is 61.0 Å². The summed E-state index contributed by atoms with van der Waals surface area (Å²) in [5.74, 6) is -0.480. The van der Waals surface area contributed by atoms with Crippen molar-refractivity contribution in [3.05, 3.63) is 130 Å². The van der Waals surface area contributed by atoms with Crippen LogP contribution in [0.2, 0.25) is 5.02 Å². The minimum atomic E-state index is -1.07. The van der Waals surface area contributed by atoms with Crippen molar-refractivity contribution in [3.8, 4) is 0 Å². The Balaban J connectivity index is 1.63. The summed E-state index contributed by atoms with van der Waals surface area (Å²) in [5.41, 5.74) is 6.57. The predicted octanol–water partition coefficient (Wildman–Crippen LogP) is 7.42. The molecular formula is C32H27ClN4O2S.